The van der Waals surface area contributed by atoms with Gasteiger partial charge in [-0.2, -0.15) is 0 Å². The Morgan fingerprint density at radius 3 is 2.76 bits per heavy atom. The van der Waals surface area contributed by atoms with E-state index in [1.54, 1.807) is 0 Å². The third-order valence-electron chi connectivity index (χ3n) is 3.24. The van der Waals surface area contributed by atoms with Crippen LogP contribution in [0.2, 0.25) is 0 Å². The Morgan fingerprint density at radius 1 is 1.18 bits per heavy atom. The van der Waals surface area contributed by atoms with Crippen molar-refractivity contribution in [3.05, 3.63) is 48.3 Å². The van der Waals surface area contributed by atoms with Gasteiger partial charge in [-0.25, -0.2) is 0 Å². The number of nitrogens with zero attached hydrogens (tertiary/aromatic N) is 1. The molecule has 1 aromatic heterocycles. The maximum atomic E-state index is 4.18. The molecule has 0 radical (unpaired) electrons. The van der Waals surface area contributed by atoms with Gasteiger partial charge in [-0.1, -0.05) is 18.2 Å². The summed E-state index contributed by atoms with van der Waals surface area (Å²) in [6, 6.07) is 11.2. The third-order valence-corrected chi connectivity index (χ3v) is 3.24. The van der Waals surface area contributed by atoms with Crippen LogP contribution in [0.4, 0.5) is 5.69 Å². The van der Waals surface area contributed by atoms with Crippen LogP contribution in [0.3, 0.4) is 0 Å². The Labute approximate surface area is 102 Å². The minimum atomic E-state index is 0.692. The van der Waals surface area contributed by atoms with E-state index in [2.05, 4.69) is 41.5 Å². The van der Waals surface area contributed by atoms with Gasteiger partial charge in [-0.05, 0) is 43.0 Å². The van der Waals surface area contributed by atoms with E-state index in [0.29, 0.717) is 6.04 Å². The van der Waals surface area contributed by atoms with Gasteiger partial charge in [0.15, 0.2) is 0 Å². The fourth-order valence-corrected chi connectivity index (χ4v) is 2.07. The van der Waals surface area contributed by atoms with Crippen LogP contribution in [0.5, 0.6) is 0 Å². The first-order valence-electron chi connectivity index (χ1n) is 6.11. The first kappa shape index (κ1) is 10.3. The number of benzene rings is 1. The highest BCUT2D eigenvalue weighted by Gasteiger charge is 2.21. The Bertz CT molecular complexity index is 516. The van der Waals surface area contributed by atoms with Crippen LogP contribution in [0, 0.1) is 6.92 Å². The Hall–Kier alpha value is -1.83. The zero-order chi connectivity index (χ0) is 11.7. The fourth-order valence-electron chi connectivity index (χ4n) is 2.07. The van der Waals surface area contributed by atoms with Crippen LogP contribution in [0.15, 0.2) is 42.7 Å². The summed E-state index contributed by atoms with van der Waals surface area (Å²) in [6.07, 6.45) is 6.33. The predicted molar refractivity (Wildman–Crippen MR) is 71.1 cm³/mol. The van der Waals surface area contributed by atoms with Crippen LogP contribution in [0.1, 0.15) is 18.4 Å². The molecule has 1 saturated carbocycles. The number of hydrogen-bond donors (Lipinski definition) is 1. The van der Waals surface area contributed by atoms with E-state index in [0.717, 1.165) is 0 Å². The van der Waals surface area contributed by atoms with Crippen molar-refractivity contribution in [2.75, 3.05) is 5.32 Å². The molecule has 0 atom stereocenters. The first-order valence-corrected chi connectivity index (χ1v) is 6.11. The van der Waals surface area contributed by atoms with Crippen molar-refractivity contribution in [2.45, 2.75) is 25.8 Å². The largest absolute Gasteiger partial charge is 0.382 e. The van der Waals surface area contributed by atoms with Crippen molar-refractivity contribution in [1.82, 2.24) is 4.98 Å². The van der Waals surface area contributed by atoms with Gasteiger partial charge in [0.05, 0.1) is 0 Å². The molecule has 86 valence electrons. The third kappa shape index (κ3) is 2.16. The zero-order valence-electron chi connectivity index (χ0n) is 9.98. The normalized spacial score (nSPS) is 14.6. The molecule has 2 nitrogen and oxygen atoms in total. The molecule has 0 spiro atoms. The van der Waals surface area contributed by atoms with E-state index in [1.165, 1.54) is 35.2 Å². The lowest BCUT2D eigenvalue weighted by atomic mass is 10.0. The van der Waals surface area contributed by atoms with E-state index in [1.807, 2.05) is 18.5 Å². The van der Waals surface area contributed by atoms with E-state index in [9.17, 15) is 0 Å². The lowest BCUT2D eigenvalue weighted by Crippen LogP contribution is -2.03. The van der Waals surface area contributed by atoms with Crippen LogP contribution < -0.4 is 5.32 Å². The topological polar surface area (TPSA) is 24.9 Å². The highest BCUT2D eigenvalue weighted by molar-refractivity contribution is 5.73. The predicted octanol–water partition coefficient (Wildman–Crippen LogP) is 3.63. The highest BCUT2D eigenvalue weighted by Crippen LogP contribution is 2.31. The molecule has 1 fully saturated rings. The summed E-state index contributed by atoms with van der Waals surface area (Å²) in [5, 5.41) is 3.57. The Kier molecular flexibility index (Phi) is 2.56. The number of anilines is 1. The van der Waals surface area contributed by atoms with Crippen LogP contribution >= 0.6 is 0 Å². The molecule has 1 N–H and O–H groups in total. The van der Waals surface area contributed by atoms with Gasteiger partial charge in [0, 0.05) is 29.7 Å². The monoisotopic (exact) mass is 224 g/mol. The van der Waals surface area contributed by atoms with Crippen molar-refractivity contribution in [1.29, 1.82) is 0 Å². The number of rotatable bonds is 3. The lowest BCUT2D eigenvalue weighted by Gasteiger charge is -2.12. The first-order chi connectivity index (χ1) is 8.34. The van der Waals surface area contributed by atoms with Gasteiger partial charge in [-0.3, -0.25) is 4.98 Å². The Morgan fingerprint density at radius 2 is 2.06 bits per heavy atom. The summed E-state index contributed by atoms with van der Waals surface area (Å²) in [4.78, 5) is 4.18. The van der Waals surface area contributed by atoms with Gasteiger partial charge in [0.1, 0.15) is 0 Å². The molecule has 0 bridgehead atoms. The molecule has 17 heavy (non-hydrogen) atoms. The molecule has 0 saturated heterocycles. The highest BCUT2D eigenvalue weighted by atomic mass is 15.0. The molecule has 3 rings (SSSR count). The zero-order valence-corrected chi connectivity index (χ0v) is 9.98. The van der Waals surface area contributed by atoms with Gasteiger partial charge < -0.3 is 5.32 Å². The lowest BCUT2D eigenvalue weighted by molar-refractivity contribution is 1.15. The summed E-state index contributed by atoms with van der Waals surface area (Å²) >= 11 is 0. The van der Waals surface area contributed by atoms with Crippen LogP contribution in [-0.2, 0) is 0 Å². The summed E-state index contributed by atoms with van der Waals surface area (Å²) in [5.41, 5.74) is 5.02. The van der Waals surface area contributed by atoms with Gasteiger partial charge in [-0.15, -0.1) is 0 Å². The summed E-state index contributed by atoms with van der Waals surface area (Å²) in [7, 11) is 0. The molecule has 0 aliphatic heterocycles. The van der Waals surface area contributed by atoms with Crippen LogP contribution in [0.25, 0.3) is 11.1 Å². The second-order valence-corrected chi connectivity index (χ2v) is 4.64. The SMILES string of the molecule is Cc1c(NC2CC2)cccc1-c1cccnc1. The summed E-state index contributed by atoms with van der Waals surface area (Å²) in [6.45, 7) is 2.17. The second kappa shape index (κ2) is 4.21. The molecular weight excluding hydrogens is 208 g/mol. The molecule has 1 heterocycles. The van der Waals surface area contributed by atoms with Gasteiger partial charge >= 0.3 is 0 Å². The van der Waals surface area contributed by atoms with Crippen molar-refractivity contribution < 1.29 is 0 Å². The van der Waals surface area contributed by atoms with Crippen molar-refractivity contribution in [2.24, 2.45) is 0 Å². The molecule has 1 aromatic carbocycles. The minimum Gasteiger partial charge on any atom is -0.382 e. The van der Waals surface area contributed by atoms with Gasteiger partial charge in [0.25, 0.3) is 0 Å². The Balaban J connectivity index is 1.99. The maximum Gasteiger partial charge on any atom is 0.0378 e. The van der Waals surface area contributed by atoms with Crippen molar-refractivity contribution in [3.8, 4) is 11.1 Å². The average Bonchev–Trinajstić information content (AvgIpc) is 3.17. The fraction of sp³-hybridized carbons (Fsp3) is 0.267. The van der Waals surface area contributed by atoms with E-state index in [-0.39, 0.29) is 0 Å². The molecule has 2 heteroatoms. The van der Waals surface area contributed by atoms with Crippen LogP contribution in [-0.4, -0.2) is 11.0 Å². The van der Waals surface area contributed by atoms with E-state index >= 15 is 0 Å². The average molecular weight is 224 g/mol. The number of hydrogen-bond acceptors (Lipinski definition) is 2. The molecule has 2 aromatic rings. The molecular formula is C15H16N2. The van der Waals surface area contributed by atoms with Gasteiger partial charge in [0.2, 0.25) is 0 Å². The summed E-state index contributed by atoms with van der Waals surface area (Å²) in [5.74, 6) is 0. The van der Waals surface area contributed by atoms with Crippen molar-refractivity contribution >= 4 is 5.69 Å². The minimum absolute atomic E-state index is 0.692. The number of pyridine rings is 1. The molecule has 1 aliphatic rings. The molecule has 0 unspecified atom stereocenters. The standard InChI is InChI=1S/C15H16N2/c1-11-14(12-4-3-9-16-10-12)5-2-6-15(11)17-13-7-8-13/h2-6,9-10,13,17H,7-8H2,1H3. The number of aromatic nitrogens is 1. The quantitative estimate of drug-likeness (QED) is 0.861. The summed E-state index contributed by atoms with van der Waals surface area (Å²) < 4.78 is 0. The van der Waals surface area contributed by atoms with E-state index < -0.39 is 0 Å². The molecule has 1 aliphatic carbocycles. The maximum absolute atomic E-state index is 4.18. The number of nitrogens with one attached hydrogen (secondary N) is 1. The smallest absolute Gasteiger partial charge is 0.0378 e. The molecule has 0 amide bonds. The van der Waals surface area contributed by atoms with E-state index in [4.69, 9.17) is 0 Å². The second-order valence-electron chi connectivity index (χ2n) is 4.64. The van der Waals surface area contributed by atoms with Crippen molar-refractivity contribution in [3.63, 3.8) is 0 Å².